The summed E-state index contributed by atoms with van der Waals surface area (Å²) in [6, 6.07) is 10.1. The Labute approximate surface area is 123 Å². The minimum Gasteiger partial charge on any atom is -0.418 e. The maximum atomic E-state index is 5.84. The smallest absolute Gasteiger partial charge is 0.266 e. The van der Waals surface area contributed by atoms with Crippen LogP contribution in [0.15, 0.2) is 40.9 Å². The van der Waals surface area contributed by atoms with Crippen LogP contribution in [0.4, 0.5) is 0 Å². The molecular weight excluding hydrogens is 264 g/mol. The van der Waals surface area contributed by atoms with Gasteiger partial charge in [0.2, 0.25) is 5.89 Å². The number of rotatable bonds is 5. The van der Waals surface area contributed by atoms with Crippen molar-refractivity contribution in [2.75, 3.05) is 6.54 Å². The summed E-state index contributed by atoms with van der Waals surface area (Å²) in [6.07, 6.45) is 2.67. The number of nitrogens with zero attached hydrogens (tertiary/aromatic N) is 3. The van der Waals surface area contributed by atoms with E-state index in [2.05, 4.69) is 34.3 Å². The van der Waals surface area contributed by atoms with Crippen molar-refractivity contribution in [3.8, 4) is 11.6 Å². The van der Waals surface area contributed by atoms with Crippen molar-refractivity contribution in [1.82, 2.24) is 20.5 Å². The maximum absolute atomic E-state index is 5.84. The molecule has 0 fully saturated rings. The summed E-state index contributed by atoms with van der Waals surface area (Å²) in [5.74, 6) is 1.09. The third-order valence-electron chi connectivity index (χ3n) is 3.47. The minimum absolute atomic E-state index is 0.0891. The Bertz CT molecular complexity index is 732. The van der Waals surface area contributed by atoms with E-state index >= 15 is 0 Å². The molecule has 0 saturated heterocycles. The lowest BCUT2D eigenvalue weighted by Crippen LogP contribution is -2.20. The number of pyridine rings is 1. The van der Waals surface area contributed by atoms with Crippen LogP contribution in [0.3, 0.4) is 0 Å². The van der Waals surface area contributed by atoms with Crippen LogP contribution >= 0.6 is 0 Å². The Hall–Kier alpha value is -2.27. The van der Waals surface area contributed by atoms with Crippen molar-refractivity contribution in [2.24, 2.45) is 0 Å². The SMILES string of the molecule is CCNC(CC)c1nnc(-c2nccc3ccccc23)o1. The van der Waals surface area contributed by atoms with Gasteiger partial charge in [-0.25, -0.2) is 0 Å². The highest BCUT2D eigenvalue weighted by atomic mass is 16.4. The molecule has 5 heteroatoms. The van der Waals surface area contributed by atoms with E-state index < -0.39 is 0 Å². The molecule has 2 heterocycles. The Morgan fingerprint density at radius 1 is 1.14 bits per heavy atom. The first-order valence-electron chi connectivity index (χ1n) is 7.24. The van der Waals surface area contributed by atoms with E-state index in [9.17, 15) is 0 Å². The van der Waals surface area contributed by atoms with Crippen molar-refractivity contribution in [3.05, 3.63) is 42.4 Å². The van der Waals surface area contributed by atoms with Gasteiger partial charge < -0.3 is 9.73 Å². The normalized spacial score (nSPS) is 12.7. The molecule has 0 aliphatic carbocycles. The summed E-state index contributed by atoms with van der Waals surface area (Å²) in [5, 5.41) is 13.8. The summed E-state index contributed by atoms with van der Waals surface area (Å²) >= 11 is 0. The van der Waals surface area contributed by atoms with E-state index in [4.69, 9.17) is 4.42 Å². The fourth-order valence-corrected chi connectivity index (χ4v) is 2.41. The Morgan fingerprint density at radius 2 is 2.00 bits per heavy atom. The summed E-state index contributed by atoms with van der Waals surface area (Å²) in [7, 11) is 0. The third kappa shape index (κ3) is 2.64. The highest BCUT2D eigenvalue weighted by Gasteiger charge is 2.18. The van der Waals surface area contributed by atoms with Crippen molar-refractivity contribution in [3.63, 3.8) is 0 Å². The van der Waals surface area contributed by atoms with Crippen LogP contribution in [0.2, 0.25) is 0 Å². The van der Waals surface area contributed by atoms with E-state index in [1.54, 1.807) is 6.20 Å². The third-order valence-corrected chi connectivity index (χ3v) is 3.47. The molecule has 108 valence electrons. The Balaban J connectivity index is 2.02. The predicted molar refractivity (Wildman–Crippen MR) is 81.7 cm³/mol. The average molecular weight is 282 g/mol. The largest absolute Gasteiger partial charge is 0.418 e. The van der Waals surface area contributed by atoms with Gasteiger partial charge in [-0.1, -0.05) is 38.1 Å². The Kier molecular flexibility index (Phi) is 3.92. The van der Waals surface area contributed by atoms with Crippen LogP contribution in [0.1, 0.15) is 32.2 Å². The molecule has 1 N–H and O–H groups in total. The van der Waals surface area contributed by atoms with E-state index in [-0.39, 0.29) is 6.04 Å². The van der Waals surface area contributed by atoms with Crippen LogP contribution in [-0.4, -0.2) is 21.7 Å². The monoisotopic (exact) mass is 282 g/mol. The van der Waals surface area contributed by atoms with Gasteiger partial charge in [-0.05, 0) is 24.4 Å². The van der Waals surface area contributed by atoms with Gasteiger partial charge in [0.05, 0.1) is 6.04 Å². The lowest BCUT2D eigenvalue weighted by molar-refractivity contribution is 0.401. The molecule has 1 unspecified atom stereocenters. The number of fused-ring (bicyclic) bond motifs is 1. The van der Waals surface area contributed by atoms with E-state index in [1.165, 1.54) is 0 Å². The summed E-state index contributed by atoms with van der Waals surface area (Å²) in [5.41, 5.74) is 0.734. The van der Waals surface area contributed by atoms with E-state index in [0.717, 1.165) is 29.4 Å². The highest BCUT2D eigenvalue weighted by molar-refractivity contribution is 5.92. The molecule has 1 atom stereocenters. The van der Waals surface area contributed by atoms with Crippen molar-refractivity contribution in [2.45, 2.75) is 26.3 Å². The molecule has 0 saturated carbocycles. The molecule has 1 aromatic carbocycles. The molecular formula is C16H18N4O. The first-order valence-corrected chi connectivity index (χ1v) is 7.24. The standard InChI is InChI=1S/C16H18N4O/c1-3-13(17-4-2)15-19-20-16(21-15)14-12-8-6-5-7-11(12)9-10-18-14/h5-10,13,17H,3-4H2,1-2H3. The van der Waals surface area contributed by atoms with Crippen molar-refractivity contribution >= 4 is 10.8 Å². The summed E-state index contributed by atoms with van der Waals surface area (Å²) < 4.78 is 5.84. The van der Waals surface area contributed by atoms with Crippen molar-refractivity contribution < 1.29 is 4.42 Å². The van der Waals surface area contributed by atoms with Gasteiger partial charge in [-0.15, -0.1) is 10.2 Å². The number of hydrogen-bond donors (Lipinski definition) is 1. The minimum atomic E-state index is 0.0891. The van der Waals surface area contributed by atoms with Gasteiger partial charge in [0, 0.05) is 11.6 Å². The lowest BCUT2D eigenvalue weighted by Gasteiger charge is -2.10. The first-order chi connectivity index (χ1) is 10.3. The molecule has 2 aromatic heterocycles. The van der Waals surface area contributed by atoms with Gasteiger partial charge in [0.25, 0.3) is 5.89 Å². The van der Waals surface area contributed by atoms with Crippen LogP contribution < -0.4 is 5.32 Å². The fraction of sp³-hybridized carbons (Fsp3) is 0.312. The maximum Gasteiger partial charge on any atom is 0.266 e. The van der Waals surface area contributed by atoms with Crippen LogP contribution in [0.5, 0.6) is 0 Å². The van der Waals surface area contributed by atoms with E-state index in [1.807, 2.05) is 30.3 Å². The van der Waals surface area contributed by atoms with Gasteiger partial charge >= 0.3 is 0 Å². The van der Waals surface area contributed by atoms with Crippen LogP contribution in [-0.2, 0) is 0 Å². The molecule has 3 rings (SSSR count). The van der Waals surface area contributed by atoms with Crippen LogP contribution in [0, 0.1) is 0 Å². The van der Waals surface area contributed by atoms with Gasteiger partial charge in [0.1, 0.15) is 5.69 Å². The molecule has 0 spiro atoms. The van der Waals surface area contributed by atoms with Gasteiger partial charge in [-0.2, -0.15) is 0 Å². The average Bonchev–Trinajstić information content (AvgIpc) is 3.01. The molecule has 3 aromatic rings. The number of benzene rings is 1. The highest BCUT2D eigenvalue weighted by Crippen LogP contribution is 2.26. The van der Waals surface area contributed by atoms with Gasteiger partial charge in [0.15, 0.2) is 0 Å². The van der Waals surface area contributed by atoms with Crippen LogP contribution in [0.25, 0.3) is 22.4 Å². The summed E-state index contributed by atoms with van der Waals surface area (Å²) in [6.45, 7) is 5.02. The number of hydrogen-bond acceptors (Lipinski definition) is 5. The topological polar surface area (TPSA) is 63.8 Å². The summed E-state index contributed by atoms with van der Waals surface area (Å²) in [4.78, 5) is 4.40. The van der Waals surface area contributed by atoms with Gasteiger partial charge in [-0.3, -0.25) is 4.98 Å². The lowest BCUT2D eigenvalue weighted by atomic mass is 10.1. The molecule has 21 heavy (non-hydrogen) atoms. The number of aromatic nitrogens is 3. The zero-order valence-electron chi connectivity index (χ0n) is 12.2. The molecule has 0 aliphatic heterocycles. The predicted octanol–water partition coefficient (Wildman–Crippen LogP) is 3.35. The quantitative estimate of drug-likeness (QED) is 0.777. The first kappa shape index (κ1) is 13.7. The molecule has 0 aliphatic rings. The Morgan fingerprint density at radius 3 is 2.81 bits per heavy atom. The second kappa shape index (κ2) is 6.01. The molecule has 0 radical (unpaired) electrons. The fourth-order valence-electron chi connectivity index (χ4n) is 2.41. The zero-order chi connectivity index (χ0) is 14.7. The second-order valence-corrected chi connectivity index (χ2v) is 4.84. The molecule has 5 nitrogen and oxygen atoms in total. The van der Waals surface area contributed by atoms with E-state index in [0.29, 0.717) is 11.8 Å². The molecule has 0 bridgehead atoms. The second-order valence-electron chi connectivity index (χ2n) is 4.84. The number of nitrogens with one attached hydrogen (secondary N) is 1. The zero-order valence-corrected chi connectivity index (χ0v) is 12.2. The van der Waals surface area contributed by atoms with Crippen molar-refractivity contribution in [1.29, 1.82) is 0 Å². The molecule has 0 amide bonds.